The molecule has 0 atom stereocenters. The third-order valence-corrected chi connectivity index (χ3v) is 6.78. The summed E-state index contributed by atoms with van der Waals surface area (Å²) in [5, 5.41) is 13.6. The molecule has 2 aromatic carbocycles. The number of aromatic nitrogens is 2. The van der Waals surface area contributed by atoms with Crippen molar-refractivity contribution in [3.8, 4) is 0 Å². The van der Waals surface area contributed by atoms with E-state index in [0.29, 0.717) is 42.1 Å². The Labute approximate surface area is 200 Å². The number of hydrogen-bond acceptors (Lipinski definition) is 6. The topological polar surface area (TPSA) is 99.3 Å². The molecule has 9 heteroatoms. The first-order chi connectivity index (χ1) is 16.6. The first kappa shape index (κ1) is 22.1. The van der Waals surface area contributed by atoms with Crippen LogP contribution in [0.5, 0.6) is 0 Å². The first-order valence-corrected chi connectivity index (χ1v) is 11.9. The standard InChI is InChI=1S/C25H25N5O3S/c1-16-2-8-20(34-16)15-26-24(31)18-5-9-22-21(14-18)23(29-28-22)27-25(32)17-3-6-19(7-4-17)30-10-12-33-13-11-30/h2-9,14H,10-13,15H2,1H3,(H,26,31)(H2,27,28,29,32). The van der Waals surface area contributed by atoms with Crippen molar-refractivity contribution >= 4 is 45.6 Å². The summed E-state index contributed by atoms with van der Waals surface area (Å²) in [5.74, 6) is -0.0456. The number of hydrogen-bond donors (Lipinski definition) is 3. The van der Waals surface area contributed by atoms with Crippen LogP contribution in [-0.4, -0.2) is 48.3 Å². The Balaban J connectivity index is 1.27. The number of aryl methyl sites for hydroxylation is 1. The summed E-state index contributed by atoms with van der Waals surface area (Å²) in [5.41, 5.74) is 2.85. The number of rotatable bonds is 6. The molecule has 4 aromatic rings. The van der Waals surface area contributed by atoms with Gasteiger partial charge in [0.25, 0.3) is 11.8 Å². The Hall–Kier alpha value is -3.69. The first-order valence-electron chi connectivity index (χ1n) is 11.1. The molecule has 1 aliphatic rings. The normalized spacial score (nSPS) is 13.7. The molecule has 3 heterocycles. The van der Waals surface area contributed by atoms with Gasteiger partial charge in [-0.05, 0) is 61.5 Å². The van der Waals surface area contributed by atoms with E-state index >= 15 is 0 Å². The van der Waals surface area contributed by atoms with Crippen LogP contribution >= 0.6 is 11.3 Å². The van der Waals surface area contributed by atoms with Crippen LogP contribution in [-0.2, 0) is 11.3 Å². The molecule has 174 valence electrons. The van der Waals surface area contributed by atoms with Gasteiger partial charge in [-0.25, -0.2) is 0 Å². The second-order valence-corrected chi connectivity index (χ2v) is 9.50. The maximum absolute atomic E-state index is 12.8. The van der Waals surface area contributed by atoms with Crippen LogP contribution < -0.4 is 15.5 Å². The molecule has 2 aromatic heterocycles. The fourth-order valence-electron chi connectivity index (χ4n) is 3.93. The number of thiophene rings is 1. The molecular weight excluding hydrogens is 450 g/mol. The van der Waals surface area contributed by atoms with Gasteiger partial charge < -0.3 is 20.3 Å². The summed E-state index contributed by atoms with van der Waals surface area (Å²) in [7, 11) is 0. The highest BCUT2D eigenvalue weighted by atomic mass is 32.1. The number of morpholine rings is 1. The van der Waals surface area contributed by atoms with Crippen molar-refractivity contribution in [1.29, 1.82) is 0 Å². The average Bonchev–Trinajstić information content (AvgIpc) is 3.48. The van der Waals surface area contributed by atoms with E-state index in [-0.39, 0.29) is 11.8 Å². The smallest absolute Gasteiger partial charge is 0.256 e. The molecule has 5 rings (SSSR count). The molecular formula is C25H25N5O3S. The zero-order valence-electron chi connectivity index (χ0n) is 18.8. The summed E-state index contributed by atoms with van der Waals surface area (Å²) in [6, 6.07) is 16.8. The Morgan fingerprint density at radius 1 is 1.03 bits per heavy atom. The number of benzene rings is 2. The lowest BCUT2D eigenvalue weighted by Gasteiger charge is -2.28. The molecule has 0 spiro atoms. The van der Waals surface area contributed by atoms with Crippen LogP contribution in [0.2, 0.25) is 0 Å². The molecule has 1 fully saturated rings. The number of fused-ring (bicyclic) bond motifs is 1. The van der Waals surface area contributed by atoms with Crippen molar-refractivity contribution in [2.45, 2.75) is 13.5 Å². The van der Waals surface area contributed by atoms with Crippen molar-refractivity contribution in [3.63, 3.8) is 0 Å². The highest BCUT2D eigenvalue weighted by Gasteiger charge is 2.16. The highest BCUT2D eigenvalue weighted by molar-refractivity contribution is 7.11. The van der Waals surface area contributed by atoms with Crippen molar-refractivity contribution in [2.24, 2.45) is 0 Å². The van der Waals surface area contributed by atoms with Gasteiger partial charge in [0.1, 0.15) is 0 Å². The number of nitrogens with zero attached hydrogens (tertiary/aromatic N) is 2. The number of amides is 2. The zero-order chi connectivity index (χ0) is 23.5. The molecule has 1 saturated heterocycles. The Morgan fingerprint density at radius 3 is 2.53 bits per heavy atom. The third-order valence-electron chi connectivity index (χ3n) is 5.78. The lowest BCUT2D eigenvalue weighted by molar-refractivity contribution is 0.0950. The number of nitrogens with one attached hydrogen (secondary N) is 3. The summed E-state index contributed by atoms with van der Waals surface area (Å²) >= 11 is 1.66. The Morgan fingerprint density at radius 2 is 1.79 bits per heavy atom. The summed E-state index contributed by atoms with van der Waals surface area (Å²) < 4.78 is 5.39. The third kappa shape index (κ3) is 4.80. The Kier molecular flexibility index (Phi) is 6.29. The SMILES string of the molecule is Cc1ccc(CNC(=O)c2ccc3[nH]nc(NC(=O)c4ccc(N5CCOCC5)cc4)c3c2)s1. The van der Waals surface area contributed by atoms with E-state index < -0.39 is 0 Å². The molecule has 0 saturated carbocycles. The average molecular weight is 476 g/mol. The summed E-state index contributed by atoms with van der Waals surface area (Å²) in [6.07, 6.45) is 0. The zero-order valence-corrected chi connectivity index (χ0v) is 19.6. The molecule has 1 aliphatic heterocycles. The van der Waals surface area contributed by atoms with Crippen molar-refractivity contribution < 1.29 is 14.3 Å². The molecule has 3 N–H and O–H groups in total. The number of ether oxygens (including phenoxy) is 1. The molecule has 2 amide bonds. The van der Waals surface area contributed by atoms with Crippen LogP contribution in [0.15, 0.2) is 54.6 Å². The number of carbonyl (C=O) groups excluding carboxylic acids is 2. The second kappa shape index (κ2) is 9.66. The van der Waals surface area contributed by atoms with Gasteiger partial charge in [-0.15, -0.1) is 11.3 Å². The minimum Gasteiger partial charge on any atom is -0.378 e. The van der Waals surface area contributed by atoms with Gasteiger partial charge in [-0.1, -0.05) is 0 Å². The molecule has 8 nitrogen and oxygen atoms in total. The van der Waals surface area contributed by atoms with Crippen LogP contribution in [0.25, 0.3) is 10.9 Å². The van der Waals surface area contributed by atoms with Crippen molar-refractivity contribution in [1.82, 2.24) is 15.5 Å². The fraction of sp³-hybridized carbons (Fsp3) is 0.240. The predicted octanol–water partition coefficient (Wildman–Crippen LogP) is 3.95. The number of H-pyrrole nitrogens is 1. The van der Waals surface area contributed by atoms with Crippen molar-refractivity contribution in [3.05, 3.63) is 75.5 Å². The molecule has 0 unspecified atom stereocenters. The van der Waals surface area contributed by atoms with Gasteiger partial charge >= 0.3 is 0 Å². The van der Waals surface area contributed by atoms with Crippen LogP contribution in [0.4, 0.5) is 11.5 Å². The fourth-order valence-corrected chi connectivity index (χ4v) is 4.76. The summed E-state index contributed by atoms with van der Waals surface area (Å²) in [4.78, 5) is 30.1. The minimum absolute atomic E-state index is 0.176. The van der Waals surface area contributed by atoms with Crippen LogP contribution in [0, 0.1) is 6.92 Å². The maximum Gasteiger partial charge on any atom is 0.256 e. The number of aromatic amines is 1. The van der Waals surface area contributed by atoms with E-state index in [9.17, 15) is 9.59 Å². The molecule has 0 radical (unpaired) electrons. The lowest BCUT2D eigenvalue weighted by Crippen LogP contribution is -2.36. The van der Waals surface area contributed by atoms with E-state index in [1.807, 2.05) is 31.2 Å². The summed E-state index contributed by atoms with van der Waals surface area (Å²) in [6.45, 7) is 5.62. The van der Waals surface area contributed by atoms with Gasteiger partial charge in [0, 0.05) is 45.0 Å². The van der Waals surface area contributed by atoms with Gasteiger partial charge in [-0.2, -0.15) is 5.10 Å². The van der Waals surface area contributed by atoms with Crippen LogP contribution in [0.1, 0.15) is 30.5 Å². The minimum atomic E-state index is -0.259. The van der Waals surface area contributed by atoms with Gasteiger partial charge in [0.2, 0.25) is 0 Å². The largest absolute Gasteiger partial charge is 0.378 e. The Bertz CT molecular complexity index is 1320. The molecule has 34 heavy (non-hydrogen) atoms. The van der Waals surface area contributed by atoms with Gasteiger partial charge in [-0.3, -0.25) is 14.7 Å². The van der Waals surface area contributed by atoms with E-state index in [1.165, 1.54) is 4.88 Å². The molecule has 0 bridgehead atoms. The second-order valence-electron chi connectivity index (χ2n) is 8.13. The lowest BCUT2D eigenvalue weighted by atomic mass is 10.1. The van der Waals surface area contributed by atoms with Gasteiger partial charge in [0.05, 0.1) is 25.3 Å². The maximum atomic E-state index is 12.8. The van der Waals surface area contributed by atoms with E-state index in [1.54, 1.807) is 41.7 Å². The number of carbonyl (C=O) groups is 2. The van der Waals surface area contributed by atoms with Crippen molar-refractivity contribution in [2.75, 3.05) is 36.5 Å². The molecule has 0 aliphatic carbocycles. The van der Waals surface area contributed by atoms with E-state index in [2.05, 4.69) is 25.7 Å². The number of anilines is 2. The predicted molar refractivity (Wildman–Crippen MR) is 134 cm³/mol. The van der Waals surface area contributed by atoms with E-state index in [0.717, 1.165) is 29.2 Å². The highest BCUT2D eigenvalue weighted by Crippen LogP contribution is 2.23. The monoisotopic (exact) mass is 475 g/mol. The van der Waals surface area contributed by atoms with Crippen LogP contribution in [0.3, 0.4) is 0 Å². The van der Waals surface area contributed by atoms with E-state index in [4.69, 9.17) is 4.74 Å². The van der Waals surface area contributed by atoms with Gasteiger partial charge in [0.15, 0.2) is 5.82 Å². The quantitative estimate of drug-likeness (QED) is 0.392.